The van der Waals surface area contributed by atoms with Crippen LogP contribution in [0.5, 0.6) is 0 Å². The highest BCUT2D eigenvalue weighted by Crippen LogP contribution is 2.27. The minimum Gasteiger partial charge on any atom is -0.355 e. The van der Waals surface area contributed by atoms with E-state index in [9.17, 15) is 0 Å². The number of halogens is 2. The van der Waals surface area contributed by atoms with Crippen molar-refractivity contribution in [3.05, 3.63) is 22.6 Å². The highest BCUT2D eigenvalue weighted by Gasteiger charge is 2.09. The normalized spacial score (nSPS) is 10.7. The van der Waals surface area contributed by atoms with Gasteiger partial charge in [0.1, 0.15) is 5.15 Å². The van der Waals surface area contributed by atoms with Gasteiger partial charge in [-0.25, -0.2) is 4.98 Å². The molecular weight excluding hydrogens is 187 g/mol. The monoisotopic (exact) mass is 188 g/mol. The molecule has 0 saturated heterocycles. The van der Waals surface area contributed by atoms with E-state index in [-0.39, 0.29) is 5.15 Å². The van der Waals surface area contributed by atoms with Crippen LogP contribution in [0.1, 0.15) is 0 Å². The van der Waals surface area contributed by atoms with E-state index in [2.05, 4.69) is 10.1 Å². The molecule has 0 bridgehead atoms. The third kappa shape index (κ3) is 0.968. The van der Waals surface area contributed by atoms with Crippen molar-refractivity contribution >= 4 is 34.2 Å². The number of pyridine rings is 1. The van der Waals surface area contributed by atoms with Crippen LogP contribution in [0.15, 0.2) is 16.8 Å². The topological polar surface area (TPSA) is 38.9 Å². The Hall–Kier alpha value is -0.800. The molecule has 0 radical (unpaired) electrons. The molecule has 0 N–H and O–H groups in total. The smallest absolute Gasteiger partial charge is 0.183 e. The quantitative estimate of drug-likeness (QED) is 0.597. The van der Waals surface area contributed by atoms with Gasteiger partial charge in [0.2, 0.25) is 0 Å². The second-order valence-corrected chi connectivity index (χ2v) is 2.66. The van der Waals surface area contributed by atoms with Crippen LogP contribution in [0.4, 0.5) is 0 Å². The predicted octanol–water partition coefficient (Wildman–Crippen LogP) is 2.53. The van der Waals surface area contributed by atoms with Crippen LogP contribution in [-0.4, -0.2) is 10.1 Å². The Morgan fingerprint density at radius 1 is 1.27 bits per heavy atom. The van der Waals surface area contributed by atoms with Crippen molar-refractivity contribution in [2.24, 2.45) is 0 Å². The Bertz CT molecular complexity index is 398. The summed E-state index contributed by atoms with van der Waals surface area (Å²) in [5.41, 5.74) is 0.551. The van der Waals surface area contributed by atoms with Crippen LogP contribution in [0, 0.1) is 0 Å². The third-order valence-electron chi connectivity index (χ3n) is 1.30. The molecule has 0 aliphatic rings. The molecule has 56 valence electrons. The molecule has 0 fully saturated rings. The standard InChI is InChI=1S/C6H2Cl2N2O/c7-5-4-3(1-2-9-5)11-10-6(4)8/h1-2H. The molecule has 0 unspecified atom stereocenters. The number of nitrogens with zero attached hydrogens (tertiary/aromatic N) is 2. The van der Waals surface area contributed by atoms with Crippen molar-refractivity contribution in [2.75, 3.05) is 0 Å². The summed E-state index contributed by atoms with van der Waals surface area (Å²) < 4.78 is 4.82. The lowest BCUT2D eigenvalue weighted by atomic mass is 10.4. The summed E-state index contributed by atoms with van der Waals surface area (Å²) in [4.78, 5) is 3.82. The van der Waals surface area contributed by atoms with Gasteiger partial charge in [0.05, 0.1) is 5.39 Å². The van der Waals surface area contributed by atoms with Gasteiger partial charge in [0.15, 0.2) is 10.7 Å². The van der Waals surface area contributed by atoms with Crippen LogP contribution in [-0.2, 0) is 0 Å². The van der Waals surface area contributed by atoms with Crippen LogP contribution in [0.2, 0.25) is 10.3 Å². The first-order valence-electron chi connectivity index (χ1n) is 2.84. The first-order chi connectivity index (χ1) is 5.29. The van der Waals surface area contributed by atoms with Crippen molar-refractivity contribution in [1.82, 2.24) is 10.1 Å². The van der Waals surface area contributed by atoms with E-state index in [0.717, 1.165) is 0 Å². The molecule has 2 heterocycles. The van der Waals surface area contributed by atoms with Gasteiger partial charge in [-0.15, -0.1) is 0 Å². The van der Waals surface area contributed by atoms with Crippen molar-refractivity contribution in [3.8, 4) is 0 Å². The Balaban J connectivity index is 2.96. The van der Waals surface area contributed by atoms with E-state index < -0.39 is 0 Å². The molecule has 2 rings (SSSR count). The number of fused-ring (bicyclic) bond motifs is 1. The predicted molar refractivity (Wildman–Crippen MR) is 41.8 cm³/mol. The first-order valence-corrected chi connectivity index (χ1v) is 3.60. The van der Waals surface area contributed by atoms with Gasteiger partial charge in [0, 0.05) is 12.3 Å². The zero-order chi connectivity index (χ0) is 7.84. The molecule has 0 aliphatic carbocycles. The van der Waals surface area contributed by atoms with Crippen LogP contribution in [0.25, 0.3) is 11.0 Å². The maximum Gasteiger partial charge on any atom is 0.183 e. The Morgan fingerprint density at radius 3 is 2.82 bits per heavy atom. The Labute approximate surface area is 71.9 Å². The molecule has 2 aromatic heterocycles. The van der Waals surface area contributed by atoms with Gasteiger partial charge in [-0.05, 0) is 0 Å². The van der Waals surface area contributed by atoms with Gasteiger partial charge in [0.25, 0.3) is 0 Å². The number of hydrogen-bond acceptors (Lipinski definition) is 3. The van der Waals surface area contributed by atoms with Crippen molar-refractivity contribution in [1.29, 1.82) is 0 Å². The summed E-state index contributed by atoms with van der Waals surface area (Å²) in [5, 5.41) is 4.65. The fourth-order valence-corrected chi connectivity index (χ4v) is 1.32. The van der Waals surface area contributed by atoms with E-state index in [1.54, 1.807) is 6.07 Å². The van der Waals surface area contributed by atoms with Gasteiger partial charge in [-0.3, -0.25) is 0 Å². The second kappa shape index (κ2) is 2.36. The molecule has 5 heteroatoms. The Morgan fingerprint density at radius 2 is 2.09 bits per heavy atom. The van der Waals surface area contributed by atoms with Crippen molar-refractivity contribution < 1.29 is 4.52 Å². The first kappa shape index (κ1) is 6.88. The molecule has 0 amide bonds. The second-order valence-electron chi connectivity index (χ2n) is 1.95. The van der Waals surface area contributed by atoms with E-state index in [1.807, 2.05) is 0 Å². The number of aromatic nitrogens is 2. The molecule has 0 saturated carbocycles. The average Bonchev–Trinajstić information content (AvgIpc) is 2.34. The largest absolute Gasteiger partial charge is 0.355 e. The summed E-state index contributed by atoms with van der Waals surface area (Å²) in [5.74, 6) is 0. The summed E-state index contributed by atoms with van der Waals surface area (Å²) >= 11 is 11.4. The molecule has 2 aromatic rings. The van der Waals surface area contributed by atoms with Gasteiger partial charge >= 0.3 is 0 Å². The highest BCUT2D eigenvalue weighted by molar-refractivity contribution is 6.40. The highest BCUT2D eigenvalue weighted by atomic mass is 35.5. The Kier molecular flexibility index (Phi) is 1.47. The summed E-state index contributed by atoms with van der Waals surface area (Å²) in [6, 6.07) is 1.65. The number of hydrogen-bond donors (Lipinski definition) is 0. The van der Waals surface area contributed by atoms with Crippen LogP contribution >= 0.6 is 23.2 Å². The molecule has 0 spiro atoms. The fourth-order valence-electron chi connectivity index (χ4n) is 0.818. The van der Waals surface area contributed by atoms with Gasteiger partial charge in [-0.2, -0.15) is 0 Å². The minimum atomic E-state index is 0.248. The molecular formula is C6H2Cl2N2O. The molecule has 0 aliphatic heterocycles. The maximum atomic E-state index is 5.71. The molecule has 0 aromatic carbocycles. The van der Waals surface area contributed by atoms with E-state index >= 15 is 0 Å². The summed E-state index contributed by atoms with van der Waals surface area (Å²) in [6.07, 6.45) is 1.53. The van der Waals surface area contributed by atoms with Crippen LogP contribution < -0.4 is 0 Å². The third-order valence-corrected chi connectivity index (χ3v) is 1.84. The zero-order valence-corrected chi connectivity index (χ0v) is 6.73. The summed E-state index contributed by atoms with van der Waals surface area (Å²) in [6.45, 7) is 0. The van der Waals surface area contributed by atoms with E-state index in [4.69, 9.17) is 27.7 Å². The maximum absolute atomic E-state index is 5.71. The van der Waals surface area contributed by atoms with E-state index in [0.29, 0.717) is 16.1 Å². The van der Waals surface area contributed by atoms with E-state index in [1.165, 1.54) is 6.20 Å². The average molecular weight is 189 g/mol. The van der Waals surface area contributed by atoms with Crippen LogP contribution in [0.3, 0.4) is 0 Å². The molecule has 3 nitrogen and oxygen atoms in total. The lowest BCUT2D eigenvalue weighted by Gasteiger charge is -1.87. The molecule has 0 atom stereocenters. The minimum absolute atomic E-state index is 0.248. The van der Waals surface area contributed by atoms with Gasteiger partial charge < -0.3 is 4.52 Å². The lowest BCUT2D eigenvalue weighted by molar-refractivity contribution is 0.457. The fraction of sp³-hybridized carbons (Fsp3) is 0. The zero-order valence-electron chi connectivity index (χ0n) is 5.21. The molecule has 11 heavy (non-hydrogen) atoms. The van der Waals surface area contributed by atoms with Crippen molar-refractivity contribution in [2.45, 2.75) is 0 Å². The summed E-state index contributed by atoms with van der Waals surface area (Å²) in [7, 11) is 0. The van der Waals surface area contributed by atoms with Gasteiger partial charge in [-0.1, -0.05) is 28.4 Å². The number of rotatable bonds is 0. The lowest BCUT2D eigenvalue weighted by Crippen LogP contribution is -1.73. The SMILES string of the molecule is Clc1nccc2onc(Cl)c12. The van der Waals surface area contributed by atoms with Crippen molar-refractivity contribution in [3.63, 3.8) is 0 Å².